The van der Waals surface area contributed by atoms with E-state index < -0.39 is 0 Å². The second-order valence-electron chi connectivity index (χ2n) is 7.70. The molecule has 1 aliphatic heterocycles. The van der Waals surface area contributed by atoms with E-state index in [1.807, 2.05) is 18.0 Å². The maximum absolute atomic E-state index is 12.6. The molecule has 1 saturated carbocycles. The first kappa shape index (κ1) is 16.9. The number of aromatic nitrogens is 2. The molecule has 1 aromatic carbocycles. The van der Waals surface area contributed by atoms with E-state index in [9.17, 15) is 4.79 Å². The number of rotatable bonds is 2. The molecule has 2 aliphatic rings. The summed E-state index contributed by atoms with van der Waals surface area (Å²) in [5.41, 5.74) is 0.827. The molecule has 4 rings (SSSR count). The molecule has 0 bridgehead atoms. The average Bonchev–Trinajstić information content (AvgIpc) is 3.10. The maximum Gasteiger partial charge on any atom is 0.228 e. The summed E-state index contributed by atoms with van der Waals surface area (Å²) in [6.45, 7) is 3.16. The fourth-order valence-corrected chi connectivity index (χ4v) is 5.27. The van der Waals surface area contributed by atoms with Crippen molar-refractivity contribution in [1.29, 1.82) is 0 Å². The normalized spacial score (nSPS) is 29.8. The van der Waals surface area contributed by atoms with E-state index in [4.69, 9.17) is 9.84 Å². The lowest BCUT2D eigenvalue weighted by atomic mass is 9.67. The fourth-order valence-electron chi connectivity index (χ4n) is 4.74. The minimum absolute atomic E-state index is 0.122. The Labute approximate surface area is 156 Å². The molecule has 1 saturated heterocycles. The van der Waals surface area contributed by atoms with Gasteiger partial charge in [-0.3, -0.25) is 9.48 Å². The summed E-state index contributed by atoms with van der Waals surface area (Å²) < 4.78 is 8.43. The predicted molar refractivity (Wildman–Crippen MR) is 101 cm³/mol. The summed E-state index contributed by atoms with van der Waals surface area (Å²) in [6.07, 6.45) is 6.07. The molecule has 1 aliphatic carbocycles. The van der Waals surface area contributed by atoms with Crippen LogP contribution in [0.1, 0.15) is 38.6 Å². The maximum atomic E-state index is 12.6. The summed E-state index contributed by atoms with van der Waals surface area (Å²) in [5, 5.41) is 5.91. The van der Waals surface area contributed by atoms with Gasteiger partial charge in [-0.1, -0.05) is 6.92 Å². The summed E-state index contributed by atoms with van der Waals surface area (Å²) in [6, 6.07) is 4.38. The third kappa shape index (κ3) is 2.65. The first-order valence-electron chi connectivity index (χ1n) is 8.91. The van der Waals surface area contributed by atoms with Crippen molar-refractivity contribution < 1.29 is 9.53 Å². The van der Waals surface area contributed by atoms with E-state index >= 15 is 0 Å². The van der Waals surface area contributed by atoms with Crippen molar-refractivity contribution in [2.24, 2.45) is 11.3 Å². The molecule has 2 fully saturated rings. The summed E-state index contributed by atoms with van der Waals surface area (Å²) >= 11 is 3.54. The molecule has 3 atom stereocenters. The highest BCUT2D eigenvalue weighted by atomic mass is 79.9. The highest BCUT2D eigenvalue weighted by molar-refractivity contribution is 9.10. The van der Waals surface area contributed by atoms with E-state index in [-0.39, 0.29) is 5.41 Å². The zero-order chi connectivity index (χ0) is 17.8. The van der Waals surface area contributed by atoms with Gasteiger partial charge in [0.05, 0.1) is 28.6 Å². The quantitative estimate of drug-likeness (QED) is 0.757. The molecule has 0 N–H and O–H groups in total. The van der Waals surface area contributed by atoms with Gasteiger partial charge < -0.3 is 9.64 Å². The Balaban J connectivity index is 1.61. The van der Waals surface area contributed by atoms with Crippen LogP contribution in [0.5, 0.6) is 5.75 Å². The smallest absolute Gasteiger partial charge is 0.228 e. The van der Waals surface area contributed by atoms with E-state index in [2.05, 4.69) is 39.8 Å². The van der Waals surface area contributed by atoms with Crippen LogP contribution in [0.3, 0.4) is 0 Å². The lowest BCUT2D eigenvalue weighted by Crippen LogP contribution is -2.39. The van der Waals surface area contributed by atoms with Crippen molar-refractivity contribution in [2.45, 2.75) is 38.6 Å². The van der Waals surface area contributed by atoms with Gasteiger partial charge >= 0.3 is 0 Å². The van der Waals surface area contributed by atoms with Crippen LogP contribution in [0, 0.1) is 11.3 Å². The lowest BCUT2D eigenvalue weighted by molar-refractivity contribution is -0.137. The van der Waals surface area contributed by atoms with Gasteiger partial charge in [-0.05, 0) is 53.6 Å². The van der Waals surface area contributed by atoms with Crippen LogP contribution in [0.2, 0.25) is 0 Å². The SMILES string of the molecule is COc1cc2nn(C3CCC4(CCN(C)C4=O)CC3C)cc2cc1Br. The Morgan fingerprint density at radius 1 is 1.36 bits per heavy atom. The number of halogens is 1. The van der Waals surface area contributed by atoms with Crippen molar-refractivity contribution in [1.82, 2.24) is 14.7 Å². The first-order valence-corrected chi connectivity index (χ1v) is 9.71. The van der Waals surface area contributed by atoms with Gasteiger partial charge in [-0.25, -0.2) is 0 Å². The molecule has 25 heavy (non-hydrogen) atoms. The molecule has 5 nitrogen and oxygen atoms in total. The van der Waals surface area contributed by atoms with Crippen LogP contribution in [0.25, 0.3) is 10.9 Å². The number of likely N-dealkylation sites (tertiary alicyclic amines) is 1. The minimum Gasteiger partial charge on any atom is -0.495 e. The van der Waals surface area contributed by atoms with Crippen LogP contribution in [0.15, 0.2) is 22.8 Å². The molecule has 134 valence electrons. The fraction of sp³-hybridized carbons (Fsp3) is 0.579. The van der Waals surface area contributed by atoms with Crippen LogP contribution >= 0.6 is 15.9 Å². The second-order valence-corrected chi connectivity index (χ2v) is 8.55. The minimum atomic E-state index is -0.122. The van der Waals surface area contributed by atoms with Crippen LogP contribution in [-0.4, -0.2) is 41.3 Å². The molecule has 6 heteroatoms. The number of ether oxygens (including phenoxy) is 1. The summed E-state index contributed by atoms with van der Waals surface area (Å²) in [7, 11) is 3.60. The summed E-state index contributed by atoms with van der Waals surface area (Å²) in [4.78, 5) is 14.5. The van der Waals surface area contributed by atoms with E-state index in [0.29, 0.717) is 17.9 Å². The third-order valence-corrected chi connectivity index (χ3v) is 6.77. The second kappa shape index (κ2) is 6.01. The molecule has 2 heterocycles. The highest BCUT2D eigenvalue weighted by Gasteiger charge is 2.49. The Morgan fingerprint density at radius 2 is 2.16 bits per heavy atom. The van der Waals surface area contributed by atoms with E-state index in [1.165, 1.54) is 0 Å². The molecular weight excluding hydrogens is 382 g/mol. The van der Waals surface area contributed by atoms with Crippen molar-refractivity contribution in [3.63, 3.8) is 0 Å². The first-order chi connectivity index (χ1) is 11.9. The number of amides is 1. The van der Waals surface area contributed by atoms with Gasteiger partial charge in [-0.2, -0.15) is 5.10 Å². The summed E-state index contributed by atoms with van der Waals surface area (Å²) in [5.74, 6) is 1.58. The standard InChI is InChI=1S/C19H24BrN3O2/c1-12-10-19(6-7-22(2)18(19)24)5-4-16(12)23-11-13-8-14(20)17(25-3)9-15(13)21-23/h8-9,11-12,16H,4-7,10H2,1-3H3. The van der Waals surface area contributed by atoms with Crippen molar-refractivity contribution >= 4 is 32.7 Å². The van der Waals surface area contributed by atoms with Crippen LogP contribution in [0.4, 0.5) is 0 Å². The van der Waals surface area contributed by atoms with Crippen molar-refractivity contribution in [3.05, 3.63) is 22.8 Å². The molecule has 3 unspecified atom stereocenters. The van der Waals surface area contributed by atoms with E-state index in [1.54, 1.807) is 7.11 Å². The van der Waals surface area contributed by atoms with Crippen LogP contribution < -0.4 is 4.74 Å². The van der Waals surface area contributed by atoms with Crippen LogP contribution in [-0.2, 0) is 4.79 Å². The van der Waals surface area contributed by atoms with Crippen molar-refractivity contribution in [3.8, 4) is 5.75 Å². The number of carbonyl (C=O) groups is 1. The average molecular weight is 406 g/mol. The van der Waals surface area contributed by atoms with E-state index in [0.717, 1.165) is 53.4 Å². The third-order valence-electron chi connectivity index (χ3n) is 6.15. The van der Waals surface area contributed by atoms with Gasteiger partial charge in [0, 0.05) is 31.2 Å². The molecule has 1 amide bonds. The number of carbonyl (C=O) groups excluding carboxylic acids is 1. The zero-order valence-corrected chi connectivity index (χ0v) is 16.5. The number of fused-ring (bicyclic) bond motifs is 1. The van der Waals surface area contributed by atoms with Gasteiger partial charge in [0.25, 0.3) is 0 Å². The number of nitrogens with zero attached hydrogens (tertiary/aromatic N) is 3. The Bertz CT molecular complexity index is 833. The van der Waals surface area contributed by atoms with Gasteiger partial charge in [0.15, 0.2) is 0 Å². The number of hydrogen-bond donors (Lipinski definition) is 0. The lowest BCUT2D eigenvalue weighted by Gasteiger charge is -2.40. The molecule has 0 radical (unpaired) electrons. The van der Waals surface area contributed by atoms with Crippen molar-refractivity contribution in [2.75, 3.05) is 20.7 Å². The largest absolute Gasteiger partial charge is 0.495 e. The molecule has 2 aromatic rings. The Hall–Kier alpha value is -1.56. The number of hydrogen-bond acceptors (Lipinski definition) is 3. The topological polar surface area (TPSA) is 47.4 Å². The number of benzene rings is 1. The highest BCUT2D eigenvalue weighted by Crippen LogP contribution is 2.50. The van der Waals surface area contributed by atoms with Gasteiger partial charge in [-0.15, -0.1) is 0 Å². The zero-order valence-electron chi connectivity index (χ0n) is 15.0. The Morgan fingerprint density at radius 3 is 2.80 bits per heavy atom. The predicted octanol–water partition coefficient (Wildman–Crippen LogP) is 4.02. The monoisotopic (exact) mass is 405 g/mol. The molecule has 1 spiro atoms. The number of methoxy groups -OCH3 is 1. The van der Waals surface area contributed by atoms with Gasteiger partial charge in [0.2, 0.25) is 5.91 Å². The molecular formula is C19H24BrN3O2. The van der Waals surface area contributed by atoms with Gasteiger partial charge in [0.1, 0.15) is 5.75 Å². The Kier molecular flexibility index (Phi) is 4.06. The molecule has 1 aromatic heterocycles.